The molecule has 0 bridgehead atoms. The minimum atomic E-state index is -0.0908. The number of rotatable bonds is 43. The van der Waals surface area contributed by atoms with Gasteiger partial charge in [0.15, 0.2) is 0 Å². The summed E-state index contributed by atoms with van der Waals surface area (Å²) in [5.41, 5.74) is 0. The molecule has 54 heavy (non-hydrogen) atoms. The lowest BCUT2D eigenvalue weighted by atomic mass is 10.0. The highest BCUT2D eigenvalue weighted by molar-refractivity contribution is 5.70. The van der Waals surface area contributed by atoms with Crippen LogP contribution in [0.5, 0.6) is 0 Å². The van der Waals surface area contributed by atoms with E-state index in [-0.39, 0.29) is 30.1 Å². The smallest absolute Gasteiger partial charge is 0.306 e. The Hall–Kier alpha value is -1.85. The summed E-state index contributed by atoms with van der Waals surface area (Å²) in [6.07, 6.45) is 42.5. The number of ether oxygens (including phenoxy) is 3. The summed E-state index contributed by atoms with van der Waals surface area (Å²) in [5, 5.41) is 0. The van der Waals surface area contributed by atoms with Gasteiger partial charge in [0, 0.05) is 19.3 Å². The van der Waals surface area contributed by atoms with Gasteiger partial charge < -0.3 is 14.2 Å². The molecule has 2 unspecified atom stereocenters. The van der Waals surface area contributed by atoms with Crippen molar-refractivity contribution >= 4 is 17.9 Å². The Morgan fingerprint density at radius 3 is 1.04 bits per heavy atom. The van der Waals surface area contributed by atoms with E-state index < -0.39 is 0 Å². The number of allylic oxidation sites excluding steroid dienone is 1. The van der Waals surface area contributed by atoms with E-state index in [9.17, 15) is 14.4 Å². The molecule has 318 valence electrons. The van der Waals surface area contributed by atoms with Crippen LogP contribution in [-0.2, 0) is 28.6 Å². The van der Waals surface area contributed by atoms with E-state index in [1.165, 1.54) is 96.3 Å². The molecule has 0 N–H and O–H groups in total. The first-order valence-electron chi connectivity index (χ1n) is 23.6. The highest BCUT2D eigenvalue weighted by atomic mass is 16.5. The Morgan fingerprint density at radius 2 is 0.704 bits per heavy atom. The van der Waals surface area contributed by atoms with E-state index in [0.717, 1.165) is 122 Å². The zero-order valence-corrected chi connectivity index (χ0v) is 36.3. The maximum absolute atomic E-state index is 12.9. The van der Waals surface area contributed by atoms with Crippen molar-refractivity contribution in [3.63, 3.8) is 0 Å². The zero-order valence-electron chi connectivity index (χ0n) is 36.3. The second kappa shape index (κ2) is 42.3. The zero-order chi connectivity index (χ0) is 39.6. The van der Waals surface area contributed by atoms with Gasteiger partial charge in [-0.2, -0.15) is 0 Å². The minimum Gasteiger partial charge on any atom is -0.466 e. The third-order valence-electron chi connectivity index (χ3n) is 10.8. The summed E-state index contributed by atoms with van der Waals surface area (Å²) in [6, 6.07) is 0. The van der Waals surface area contributed by atoms with E-state index in [2.05, 4.69) is 20.4 Å². The van der Waals surface area contributed by atoms with Gasteiger partial charge in [0.05, 0.1) is 6.61 Å². The Labute approximate surface area is 335 Å². The summed E-state index contributed by atoms with van der Waals surface area (Å²) in [6.45, 7) is 10.6. The molecule has 0 rings (SSSR count). The lowest BCUT2D eigenvalue weighted by Crippen LogP contribution is -2.18. The molecule has 0 heterocycles. The normalized spacial score (nSPS) is 12.4. The van der Waals surface area contributed by atoms with Crippen molar-refractivity contribution in [2.45, 2.75) is 271 Å². The molecule has 0 fully saturated rings. The fraction of sp³-hybridized carbons (Fsp3) is 0.896. The third-order valence-corrected chi connectivity index (χ3v) is 10.8. The quantitative estimate of drug-likeness (QED) is 0.0266. The van der Waals surface area contributed by atoms with Crippen LogP contribution in [0.1, 0.15) is 258 Å². The van der Waals surface area contributed by atoms with Crippen molar-refractivity contribution in [1.29, 1.82) is 0 Å². The van der Waals surface area contributed by atoms with Gasteiger partial charge in [0.1, 0.15) is 12.2 Å². The maximum atomic E-state index is 12.9. The average molecular weight is 763 g/mol. The Morgan fingerprint density at radius 1 is 0.407 bits per heavy atom. The highest BCUT2D eigenvalue weighted by Crippen LogP contribution is 2.21. The molecule has 0 aliphatic rings. The molecule has 0 radical (unpaired) electrons. The van der Waals surface area contributed by atoms with Crippen molar-refractivity contribution < 1.29 is 28.6 Å². The number of hydrogen-bond acceptors (Lipinski definition) is 6. The fourth-order valence-electron chi connectivity index (χ4n) is 7.34. The molecule has 2 atom stereocenters. The summed E-state index contributed by atoms with van der Waals surface area (Å²) in [7, 11) is 0. The van der Waals surface area contributed by atoms with Gasteiger partial charge in [0.2, 0.25) is 0 Å². The highest BCUT2D eigenvalue weighted by Gasteiger charge is 2.16. The van der Waals surface area contributed by atoms with Crippen molar-refractivity contribution in [3.8, 4) is 0 Å². The molecule has 0 aromatic heterocycles. The second-order valence-electron chi connectivity index (χ2n) is 16.1. The summed E-state index contributed by atoms with van der Waals surface area (Å²) >= 11 is 0. The molecule has 0 aromatic carbocycles. The van der Waals surface area contributed by atoms with E-state index in [1.54, 1.807) is 0 Å². The fourth-order valence-corrected chi connectivity index (χ4v) is 7.34. The van der Waals surface area contributed by atoms with Crippen molar-refractivity contribution in [1.82, 2.24) is 0 Å². The first-order chi connectivity index (χ1) is 26.5. The molecule has 0 aliphatic heterocycles. The van der Waals surface area contributed by atoms with E-state index in [4.69, 9.17) is 14.2 Å². The van der Waals surface area contributed by atoms with Crippen LogP contribution >= 0.6 is 0 Å². The molecule has 0 saturated carbocycles. The third kappa shape index (κ3) is 38.4. The summed E-state index contributed by atoms with van der Waals surface area (Å²) in [5.74, 6) is -0.133. The maximum Gasteiger partial charge on any atom is 0.306 e. The number of unbranched alkanes of at least 4 members (excludes halogenated alkanes) is 25. The van der Waals surface area contributed by atoms with Crippen molar-refractivity contribution in [2.75, 3.05) is 6.61 Å². The predicted molar refractivity (Wildman–Crippen MR) is 229 cm³/mol. The van der Waals surface area contributed by atoms with Gasteiger partial charge in [-0.15, -0.1) is 6.58 Å². The molecule has 0 aliphatic carbocycles. The Kier molecular flexibility index (Phi) is 40.8. The van der Waals surface area contributed by atoms with Gasteiger partial charge in [0.25, 0.3) is 0 Å². The lowest BCUT2D eigenvalue weighted by Gasteiger charge is -2.19. The number of carbonyl (C=O) groups excluding carboxylic acids is 3. The minimum absolute atomic E-state index is 0.0103. The van der Waals surface area contributed by atoms with E-state index in [1.807, 2.05) is 13.0 Å². The van der Waals surface area contributed by atoms with Crippen LogP contribution in [0.4, 0.5) is 0 Å². The molecular formula is C48H90O6. The lowest BCUT2D eigenvalue weighted by molar-refractivity contribution is -0.151. The van der Waals surface area contributed by atoms with E-state index in [0.29, 0.717) is 25.9 Å². The predicted octanol–water partition coefficient (Wildman–Crippen LogP) is 15.0. The van der Waals surface area contributed by atoms with Gasteiger partial charge in [-0.05, 0) is 90.4 Å². The number of hydrogen-bond donors (Lipinski definition) is 0. The first-order valence-corrected chi connectivity index (χ1v) is 23.6. The molecule has 0 spiro atoms. The van der Waals surface area contributed by atoms with Gasteiger partial charge >= 0.3 is 17.9 Å². The SMILES string of the molecule is C=CCCCCCCCC(=O)OC(CCCCCCCCC)CCCCCCCC(=O)OC(CCCCCCCCC)CCCCCCCC(=O)OCC. The van der Waals surface area contributed by atoms with Crippen LogP contribution in [-0.4, -0.2) is 36.7 Å². The summed E-state index contributed by atoms with van der Waals surface area (Å²) in [4.78, 5) is 37.1. The largest absolute Gasteiger partial charge is 0.466 e. The van der Waals surface area contributed by atoms with Gasteiger partial charge in [-0.25, -0.2) is 0 Å². The molecular weight excluding hydrogens is 673 g/mol. The van der Waals surface area contributed by atoms with E-state index >= 15 is 0 Å². The standard InChI is InChI=1S/C48H90O6/c1-5-9-12-15-18-23-30-37-44(39-32-25-21-28-34-41-46(49)52-8-4)54-48(51)43-36-29-22-26-33-40-45(38-31-24-19-16-13-10-6-2)53-47(50)42-35-27-20-17-14-11-7-3/h7,44-45H,3,5-6,8-43H2,1-2,4H3. The number of carbonyl (C=O) groups is 3. The molecule has 0 aromatic rings. The second-order valence-corrected chi connectivity index (χ2v) is 16.1. The average Bonchev–Trinajstić information content (AvgIpc) is 3.15. The number of esters is 3. The molecule has 6 heteroatoms. The van der Waals surface area contributed by atoms with Crippen LogP contribution in [0.3, 0.4) is 0 Å². The monoisotopic (exact) mass is 763 g/mol. The van der Waals surface area contributed by atoms with Crippen LogP contribution < -0.4 is 0 Å². The van der Waals surface area contributed by atoms with Gasteiger partial charge in [-0.1, -0.05) is 155 Å². The Bertz CT molecular complexity index is 841. The summed E-state index contributed by atoms with van der Waals surface area (Å²) < 4.78 is 17.1. The van der Waals surface area contributed by atoms with Crippen molar-refractivity contribution in [3.05, 3.63) is 12.7 Å². The first kappa shape index (κ1) is 52.2. The van der Waals surface area contributed by atoms with Crippen LogP contribution in [0.15, 0.2) is 12.7 Å². The Balaban J connectivity index is 4.49. The van der Waals surface area contributed by atoms with Crippen molar-refractivity contribution in [2.24, 2.45) is 0 Å². The topological polar surface area (TPSA) is 78.9 Å². The van der Waals surface area contributed by atoms with Crippen LogP contribution in [0.25, 0.3) is 0 Å². The molecule has 0 saturated heterocycles. The molecule has 6 nitrogen and oxygen atoms in total. The van der Waals surface area contributed by atoms with Crippen LogP contribution in [0, 0.1) is 0 Å². The molecule has 0 amide bonds. The van der Waals surface area contributed by atoms with Gasteiger partial charge in [-0.3, -0.25) is 14.4 Å². The van der Waals surface area contributed by atoms with Crippen LogP contribution in [0.2, 0.25) is 0 Å².